The lowest BCUT2D eigenvalue weighted by molar-refractivity contribution is 0.0693. The molecule has 16 heavy (non-hydrogen) atoms. The van der Waals surface area contributed by atoms with Crippen LogP contribution in [0, 0.1) is 6.92 Å². The Morgan fingerprint density at radius 1 is 1.38 bits per heavy atom. The van der Waals surface area contributed by atoms with E-state index < -0.39 is 5.97 Å². The molecular formula is C11H16ClNO3. The van der Waals surface area contributed by atoms with Gasteiger partial charge in [-0.05, 0) is 32.6 Å². The van der Waals surface area contributed by atoms with Gasteiger partial charge >= 0.3 is 5.97 Å². The van der Waals surface area contributed by atoms with E-state index in [2.05, 4.69) is 0 Å². The molecule has 0 aliphatic carbocycles. The van der Waals surface area contributed by atoms with Gasteiger partial charge in [0.15, 0.2) is 0 Å². The molecule has 0 aliphatic heterocycles. The highest BCUT2D eigenvalue weighted by atomic mass is 35.5. The Labute approximate surface area is 101 Å². The zero-order chi connectivity index (χ0) is 11.6. The zero-order valence-electron chi connectivity index (χ0n) is 9.52. The molecular weight excluding hydrogens is 230 g/mol. The standard InChI is InChI=1S/C11H15NO3.ClH/c1-7-4-8(6-12(2)3)10(13)9(5-7)11(14)15;/h4-5,13H,6H2,1-3H3,(H,14,15);1H. The van der Waals surface area contributed by atoms with Crippen LogP contribution in [0.25, 0.3) is 0 Å². The van der Waals surface area contributed by atoms with E-state index in [1.807, 2.05) is 25.9 Å². The third-order valence-corrected chi connectivity index (χ3v) is 2.05. The molecule has 0 bridgehead atoms. The van der Waals surface area contributed by atoms with Gasteiger partial charge in [-0.15, -0.1) is 12.4 Å². The van der Waals surface area contributed by atoms with Crippen molar-refractivity contribution in [1.29, 1.82) is 0 Å². The second-order valence-electron chi connectivity index (χ2n) is 3.86. The first-order valence-electron chi connectivity index (χ1n) is 4.62. The first-order chi connectivity index (χ1) is 6.91. The minimum absolute atomic E-state index is 0. The van der Waals surface area contributed by atoms with Gasteiger partial charge in [-0.25, -0.2) is 4.79 Å². The number of aromatic carboxylic acids is 1. The van der Waals surface area contributed by atoms with Crippen LogP contribution < -0.4 is 0 Å². The van der Waals surface area contributed by atoms with Crippen molar-refractivity contribution in [2.45, 2.75) is 13.5 Å². The van der Waals surface area contributed by atoms with Gasteiger partial charge in [-0.2, -0.15) is 0 Å². The molecule has 0 aromatic heterocycles. The molecule has 0 radical (unpaired) electrons. The molecule has 0 atom stereocenters. The van der Waals surface area contributed by atoms with Crippen molar-refractivity contribution in [2.24, 2.45) is 0 Å². The number of nitrogens with zero attached hydrogens (tertiary/aromatic N) is 1. The van der Waals surface area contributed by atoms with Crippen LogP contribution in [-0.4, -0.2) is 35.2 Å². The van der Waals surface area contributed by atoms with Crippen LogP contribution in [0.5, 0.6) is 5.75 Å². The number of aromatic hydroxyl groups is 1. The average molecular weight is 246 g/mol. The van der Waals surface area contributed by atoms with Crippen molar-refractivity contribution < 1.29 is 15.0 Å². The van der Waals surface area contributed by atoms with E-state index in [9.17, 15) is 9.90 Å². The van der Waals surface area contributed by atoms with E-state index in [-0.39, 0.29) is 23.7 Å². The maximum Gasteiger partial charge on any atom is 0.339 e. The van der Waals surface area contributed by atoms with Crippen LogP contribution in [-0.2, 0) is 6.54 Å². The molecule has 0 saturated carbocycles. The van der Waals surface area contributed by atoms with Gasteiger partial charge < -0.3 is 15.1 Å². The second-order valence-corrected chi connectivity index (χ2v) is 3.86. The normalized spacial score (nSPS) is 10.0. The van der Waals surface area contributed by atoms with Gasteiger partial charge in [0.1, 0.15) is 11.3 Å². The van der Waals surface area contributed by atoms with E-state index in [4.69, 9.17) is 5.11 Å². The van der Waals surface area contributed by atoms with Crippen LogP contribution in [0.3, 0.4) is 0 Å². The molecule has 0 saturated heterocycles. The number of phenols is 1. The summed E-state index contributed by atoms with van der Waals surface area (Å²) >= 11 is 0. The zero-order valence-corrected chi connectivity index (χ0v) is 10.3. The van der Waals surface area contributed by atoms with E-state index >= 15 is 0 Å². The number of aryl methyl sites for hydroxylation is 1. The highest BCUT2D eigenvalue weighted by Gasteiger charge is 2.14. The van der Waals surface area contributed by atoms with Crippen LogP contribution in [0.15, 0.2) is 12.1 Å². The van der Waals surface area contributed by atoms with Gasteiger partial charge in [0, 0.05) is 12.1 Å². The van der Waals surface area contributed by atoms with E-state index in [1.54, 1.807) is 6.07 Å². The summed E-state index contributed by atoms with van der Waals surface area (Å²) in [5.74, 6) is -1.24. The van der Waals surface area contributed by atoms with Crippen LogP contribution in [0.1, 0.15) is 21.5 Å². The lowest BCUT2D eigenvalue weighted by Gasteiger charge is -2.13. The molecule has 1 aromatic rings. The minimum Gasteiger partial charge on any atom is -0.507 e. The largest absolute Gasteiger partial charge is 0.507 e. The number of rotatable bonds is 3. The van der Waals surface area contributed by atoms with Gasteiger partial charge in [0.25, 0.3) is 0 Å². The average Bonchev–Trinajstić information content (AvgIpc) is 2.09. The Morgan fingerprint density at radius 2 is 1.94 bits per heavy atom. The van der Waals surface area contributed by atoms with E-state index in [0.717, 1.165) is 5.56 Å². The molecule has 1 aromatic carbocycles. The van der Waals surface area contributed by atoms with Gasteiger partial charge in [0.05, 0.1) is 0 Å². The molecule has 0 fully saturated rings. The molecule has 0 spiro atoms. The summed E-state index contributed by atoms with van der Waals surface area (Å²) in [6.07, 6.45) is 0. The first-order valence-corrected chi connectivity index (χ1v) is 4.62. The highest BCUT2D eigenvalue weighted by molar-refractivity contribution is 5.91. The third kappa shape index (κ3) is 3.40. The Bertz CT molecular complexity index is 391. The predicted molar refractivity (Wildman–Crippen MR) is 64.4 cm³/mol. The van der Waals surface area contributed by atoms with Crippen molar-refractivity contribution in [1.82, 2.24) is 4.90 Å². The van der Waals surface area contributed by atoms with E-state index in [1.165, 1.54) is 6.07 Å². The SMILES string of the molecule is Cc1cc(CN(C)C)c(O)c(C(=O)O)c1.Cl. The van der Waals surface area contributed by atoms with Crippen molar-refractivity contribution in [3.05, 3.63) is 28.8 Å². The van der Waals surface area contributed by atoms with Crippen LogP contribution in [0.4, 0.5) is 0 Å². The number of carbonyl (C=O) groups is 1. The Hall–Kier alpha value is -1.26. The number of benzene rings is 1. The first kappa shape index (κ1) is 14.7. The van der Waals surface area contributed by atoms with Gasteiger partial charge in [0.2, 0.25) is 0 Å². The number of carboxylic acid groups (broad SMARTS) is 1. The fourth-order valence-electron chi connectivity index (χ4n) is 1.48. The van der Waals surface area contributed by atoms with Crippen molar-refractivity contribution in [3.63, 3.8) is 0 Å². The van der Waals surface area contributed by atoms with Crippen molar-refractivity contribution in [2.75, 3.05) is 14.1 Å². The molecule has 0 heterocycles. The molecule has 0 unspecified atom stereocenters. The Morgan fingerprint density at radius 3 is 2.38 bits per heavy atom. The molecule has 90 valence electrons. The molecule has 0 aliphatic rings. The van der Waals surface area contributed by atoms with Gasteiger partial charge in [-0.3, -0.25) is 0 Å². The summed E-state index contributed by atoms with van der Waals surface area (Å²) < 4.78 is 0. The summed E-state index contributed by atoms with van der Waals surface area (Å²) in [6.45, 7) is 2.33. The van der Waals surface area contributed by atoms with Crippen LogP contribution in [0.2, 0.25) is 0 Å². The van der Waals surface area contributed by atoms with Gasteiger partial charge in [-0.1, -0.05) is 6.07 Å². The minimum atomic E-state index is -1.10. The lowest BCUT2D eigenvalue weighted by atomic mass is 10.0. The number of halogens is 1. The number of hydrogen-bond acceptors (Lipinski definition) is 3. The quantitative estimate of drug-likeness (QED) is 0.854. The van der Waals surface area contributed by atoms with E-state index in [0.29, 0.717) is 12.1 Å². The summed E-state index contributed by atoms with van der Waals surface area (Å²) in [5, 5.41) is 18.6. The lowest BCUT2D eigenvalue weighted by Crippen LogP contribution is -2.12. The maximum absolute atomic E-state index is 10.8. The third-order valence-electron chi connectivity index (χ3n) is 2.05. The van der Waals surface area contributed by atoms with Crippen molar-refractivity contribution >= 4 is 18.4 Å². The fourth-order valence-corrected chi connectivity index (χ4v) is 1.48. The molecule has 1 rings (SSSR count). The maximum atomic E-state index is 10.8. The van der Waals surface area contributed by atoms with Crippen molar-refractivity contribution in [3.8, 4) is 5.75 Å². The summed E-state index contributed by atoms with van der Waals surface area (Å²) in [5.41, 5.74) is 1.44. The molecule has 0 amide bonds. The molecule has 5 heteroatoms. The number of hydrogen-bond donors (Lipinski definition) is 2. The summed E-state index contributed by atoms with van der Waals surface area (Å²) in [7, 11) is 3.73. The Balaban J connectivity index is 0.00000225. The number of carboxylic acids is 1. The molecule has 4 nitrogen and oxygen atoms in total. The monoisotopic (exact) mass is 245 g/mol. The Kier molecular flexibility index (Phi) is 5.27. The summed E-state index contributed by atoms with van der Waals surface area (Å²) in [4.78, 5) is 12.7. The predicted octanol–water partition coefficient (Wildman–Crippen LogP) is 1.88. The molecule has 2 N–H and O–H groups in total. The topological polar surface area (TPSA) is 60.8 Å². The van der Waals surface area contributed by atoms with Crippen LogP contribution >= 0.6 is 12.4 Å². The highest BCUT2D eigenvalue weighted by Crippen LogP contribution is 2.25. The smallest absolute Gasteiger partial charge is 0.339 e. The fraction of sp³-hybridized carbons (Fsp3) is 0.364. The second kappa shape index (κ2) is 5.72. The summed E-state index contributed by atoms with van der Waals surface area (Å²) in [6, 6.07) is 3.26.